The molecule has 1 saturated heterocycles. The summed E-state index contributed by atoms with van der Waals surface area (Å²) in [6.45, 7) is 0.752. The van der Waals surface area contributed by atoms with Crippen LogP contribution in [-0.4, -0.2) is 33.6 Å². The summed E-state index contributed by atoms with van der Waals surface area (Å²) in [7, 11) is 0. The fraction of sp³-hybridized carbons (Fsp3) is 0.583. The number of halogens is 1. The number of nitro groups is 1. The fourth-order valence-corrected chi connectivity index (χ4v) is 3.68. The van der Waals surface area contributed by atoms with Crippen LogP contribution < -0.4 is 0 Å². The van der Waals surface area contributed by atoms with Gasteiger partial charge in [0.2, 0.25) is 0 Å². The summed E-state index contributed by atoms with van der Waals surface area (Å²) in [4.78, 5) is 25.0. The van der Waals surface area contributed by atoms with E-state index in [1.54, 1.807) is 6.07 Å². The molecule has 1 aliphatic heterocycles. The van der Waals surface area contributed by atoms with Crippen molar-refractivity contribution in [2.24, 2.45) is 0 Å². The number of thiophene rings is 1. The molecule has 1 amide bonds. The Morgan fingerprint density at radius 2 is 2.32 bits per heavy atom. The average Bonchev–Trinajstić information content (AvgIpc) is 2.89. The zero-order valence-corrected chi connectivity index (χ0v) is 12.8. The van der Waals surface area contributed by atoms with Crippen molar-refractivity contribution < 1.29 is 9.72 Å². The SMILES string of the molecule is O=C(c1ccc([N+](=O)[O-])s1)N1CCCCC1CCBr. The highest BCUT2D eigenvalue weighted by molar-refractivity contribution is 9.09. The van der Waals surface area contributed by atoms with Gasteiger partial charge in [-0.1, -0.05) is 27.3 Å². The van der Waals surface area contributed by atoms with Gasteiger partial charge in [-0.15, -0.1) is 0 Å². The minimum absolute atomic E-state index is 0.0254. The number of alkyl halides is 1. The lowest BCUT2D eigenvalue weighted by Crippen LogP contribution is -2.43. The first-order chi connectivity index (χ1) is 9.13. The van der Waals surface area contributed by atoms with E-state index in [9.17, 15) is 14.9 Å². The van der Waals surface area contributed by atoms with Crippen LogP contribution in [0.15, 0.2) is 12.1 Å². The molecule has 1 aliphatic rings. The van der Waals surface area contributed by atoms with Crippen molar-refractivity contribution in [2.45, 2.75) is 31.7 Å². The highest BCUT2D eigenvalue weighted by Crippen LogP contribution is 2.28. The normalized spacial score (nSPS) is 19.4. The highest BCUT2D eigenvalue weighted by Gasteiger charge is 2.28. The molecule has 2 heterocycles. The Morgan fingerprint density at radius 1 is 1.53 bits per heavy atom. The van der Waals surface area contributed by atoms with Crippen LogP contribution in [0.3, 0.4) is 0 Å². The van der Waals surface area contributed by atoms with Crippen molar-refractivity contribution in [3.8, 4) is 0 Å². The number of hydrogen-bond donors (Lipinski definition) is 0. The summed E-state index contributed by atoms with van der Waals surface area (Å²) in [6, 6.07) is 3.22. The summed E-state index contributed by atoms with van der Waals surface area (Å²) >= 11 is 4.38. The molecule has 19 heavy (non-hydrogen) atoms. The number of hydrogen-bond acceptors (Lipinski definition) is 4. The van der Waals surface area contributed by atoms with Crippen LogP contribution in [-0.2, 0) is 0 Å². The lowest BCUT2D eigenvalue weighted by molar-refractivity contribution is -0.380. The van der Waals surface area contributed by atoms with E-state index in [1.165, 1.54) is 6.07 Å². The van der Waals surface area contributed by atoms with Crippen LogP contribution >= 0.6 is 27.3 Å². The van der Waals surface area contributed by atoms with E-state index in [0.717, 1.165) is 48.9 Å². The Kier molecular flexibility index (Phi) is 4.93. The van der Waals surface area contributed by atoms with Crippen molar-refractivity contribution in [1.29, 1.82) is 0 Å². The van der Waals surface area contributed by atoms with Crippen LogP contribution in [0.25, 0.3) is 0 Å². The molecule has 0 saturated carbocycles. The van der Waals surface area contributed by atoms with Gasteiger partial charge < -0.3 is 4.90 Å². The van der Waals surface area contributed by atoms with E-state index in [0.29, 0.717) is 4.88 Å². The number of piperidine rings is 1. The number of amides is 1. The van der Waals surface area contributed by atoms with Crippen LogP contribution in [0.1, 0.15) is 35.4 Å². The third-order valence-electron chi connectivity index (χ3n) is 3.31. The second kappa shape index (κ2) is 6.47. The molecule has 0 radical (unpaired) electrons. The van der Waals surface area contributed by atoms with Gasteiger partial charge in [-0.2, -0.15) is 0 Å². The van der Waals surface area contributed by atoms with Gasteiger partial charge in [0.25, 0.3) is 5.91 Å². The second-order valence-electron chi connectivity index (χ2n) is 4.52. The second-order valence-corrected chi connectivity index (χ2v) is 6.38. The minimum atomic E-state index is -0.451. The fourth-order valence-electron chi connectivity index (χ4n) is 2.38. The van der Waals surface area contributed by atoms with E-state index in [4.69, 9.17) is 0 Å². The highest BCUT2D eigenvalue weighted by atomic mass is 79.9. The molecular weight excluding hydrogens is 332 g/mol. The molecule has 2 rings (SSSR count). The molecule has 0 aliphatic carbocycles. The lowest BCUT2D eigenvalue weighted by atomic mass is 10.00. The Morgan fingerprint density at radius 3 is 2.95 bits per heavy atom. The van der Waals surface area contributed by atoms with Gasteiger partial charge in [-0.25, -0.2) is 0 Å². The summed E-state index contributed by atoms with van der Waals surface area (Å²) in [5.41, 5.74) is 0. The van der Waals surface area contributed by atoms with E-state index in [1.807, 2.05) is 4.90 Å². The van der Waals surface area contributed by atoms with Crippen LogP contribution in [0, 0.1) is 10.1 Å². The quantitative estimate of drug-likeness (QED) is 0.476. The molecule has 1 unspecified atom stereocenters. The van der Waals surface area contributed by atoms with Crippen molar-refractivity contribution in [2.75, 3.05) is 11.9 Å². The van der Waals surface area contributed by atoms with Crippen molar-refractivity contribution in [1.82, 2.24) is 4.90 Å². The maximum absolute atomic E-state index is 12.4. The predicted octanol–water partition coefficient (Wildman–Crippen LogP) is 3.44. The third kappa shape index (κ3) is 3.33. The maximum Gasteiger partial charge on any atom is 0.324 e. The largest absolute Gasteiger partial charge is 0.335 e. The number of likely N-dealkylation sites (tertiary alicyclic amines) is 1. The summed E-state index contributed by atoms with van der Waals surface area (Å²) < 4.78 is 0. The topological polar surface area (TPSA) is 63.4 Å². The monoisotopic (exact) mass is 346 g/mol. The lowest BCUT2D eigenvalue weighted by Gasteiger charge is -2.35. The molecule has 5 nitrogen and oxygen atoms in total. The van der Waals surface area contributed by atoms with Gasteiger partial charge in [-0.3, -0.25) is 14.9 Å². The number of rotatable bonds is 4. The first-order valence-corrected chi connectivity index (χ1v) is 8.18. The number of carbonyl (C=O) groups is 1. The summed E-state index contributed by atoms with van der Waals surface area (Å²) in [5.74, 6) is -0.0660. The van der Waals surface area contributed by atoms with E-state index >= 15 is 0 Å². The Hall–Kier alpha value is -0.950. The van der Waals surface area contributed by atoms with E-state index < -0.39 is 4.92 Å². The first kappa shape index (κ1) is 14.5. The van der Waals surface area contributed by atoms with Gasteiger partial charge in [0.15, 0.2) is 0 Å². The standard InChI is InChI=1S/C12H15BrN2O3S/c13-7-6-9-3-1-2-8-14(9)12(16)10-4-5-11(19-10)15(17)18/h4-5,9H,1-3,6-8H2. The van der Waals surface area contributed by atoms with Crippen LogP contribution in [0.2, 0.25) is 0 Å². The molecular formula is C12H15BrN2O3S. The zero-order valence-electron chi connectivity index (χ0n) is 10.4. The first-order valence-electron chi connectivity index (χ1n) is 6.24. The minimum Gasteiger partial charge on any atom is -0.335 e. The van der Waals surface area contributed by atoms with Crippen LogP contribution in [0.5, 0.6) is 0 Å². The van der Waals surface area contributed by atoms with Gasteiger partial charge >= 0.3 is 5.00 Å². The molecule has 0 N–H and O–H groups in total. The third-order valence-corrected chi connectivity index (χ3v) is 4.80. The molecule has 104 valence electrons. The predicted molar refractivity (Wildman–Crippen MR) is 78.1 cm³/mol. The summed E-state index contributed by atoms with van der Waals surface area (Å²) in [5, 5.41) is 11.6. The molecule has 0 bridgehead atoms. The van der Waals surface area contributed by atoms with Crippen molar-refractivity contribution in [3.63, 3.8) is 0 Å². The number of nitrogens with zero attached hydrogens (tertiary/aromatic N) is 2. The maximum atomic E-state index is 12.4. The smallest absolute Gasteiger partial charge is 0.324 e. The number of carbonyl (C=O) groups excluding carboxylic acids is 1. The molecule has 1 aromatic heterocycles. The Labute approximate surface area is 123 Å². The molecule has 1 fully saturated rings. The Balaban J connectivity index is 2.13. The molecule has 7 heteroatoms. The molecule has 0 spiro atoms. The van der Waals surface area contributed by atoms with Gasteiger partial charge in [0.1, 0.15) is 0 Å². The van der Waals surface area contributed by atoms with E-state index in [2.05, 4.69) is 15.9 Å². The molecule has 1 aromatic rings. The van der Waals surface area contributed by atoms with Gasteiger partial charge in [0, 0.05) is 24.0 Å². The average molecular weight is 347 g/mol. The van der Waals surface area contributed by atoms with Crippen LogP contribution in [0.4, 0.5) is 5.00 Å². The summed E-state index contributed by atoms with van der Waals surface area (Å²) in [6.07, 6.45) is 4.11. The Bertz CT molecular complexity index is 475. The van der Waals surface area contributed by atoms with E-state index in [-0.39, 0.29) is 17.0 Å². The van der Waals surface area contributed by atoms with Crippen molar-refractivity contribution >= 4 is 38.2 Å². The zero-order chi connectivity index (χ0) is 13.8. The van der Waals surface area contributed by atoms with Gasteiger partial charge in [0.05, 0.1) is 9.80 Å². The van der Waals surface area contributed by atoms with Gasteiger partial charge in [-0.05, 0) is 31.7 Å². The molecule has 0 aromatic carbocycles. The van der Waals surface area contributed by atoms with Crippen molar-refractivity contribution in [3.05, 3.63) is 27.1 Å². The molecule has 1 atom stereocenters.